The Morgan fingerprint density at radius 1 is 1.17 bits per heavy atom. The molecule has 1 aromatic carbocycles. The van der Waals surface area contributed by atoms with E-state index in [9.17, 15) is 9.59 Å². The fourth-order valence-electron chi connectivity index (χ4n) is 2.70. The van der Waals surface area contributed by atoms with Crippen LogP contribution in [0.4, 0.5) is 0 Å². The minimum atomic E-state index is -0.292. The number of carbonyl (C=O) groups is 2. The molecule has 1 aliphatic carbocycles. The average Bonchev–Trinajstić information content (AvgIpc) is 2.55. The summed E-state index contributed by atoms with van der Waals surface area (Å²) in [5.74, 6) is -0.579. The Bertz CT molecular complexity index is 557. The first-order chi connectivity index (χ1) is 11.1. The molecule has 2 rings (SSSR count). The summed E-state index contributed by atoms with van der Waals surface area (Å²) in [5, 5.41) is 3.88. The van der Waals surface area contributed by atoms with Crippen molar-refractivity contribution in [2.24, 2.45) is 5.92 Å². The summed E-state index contributed by atoms with van der Waals surface area (Å²) in [4.78, 5) is 23.6. The van der Waals surface area contributed by atoms with Crippen molar-refractivity contribution in [1.29, 1.82) is 0 Å². The first-order valence-electron chi connectivity index (χ1n) is 7.93. The van der Waals surface area contributed by atoms with Crippen molar-refractivity contribution in [3.63, 3.8) is 0 Å². The normalized spacial score (nSPS) is 15.2. The molecular weight excluding hydrogens is 337 g/mol. The van der Waals surface area contributed by atoms with Crippen LogP contribution < -0.4 is 5.32 Å². The van der Waals surface area contributed by atoms with Crippen molar-refractivity contribution in [2.75, 3.05) is 13.2 Å². The van der Waals surface area contributed by atoms with Gasteiger partial charge in [-0.3, -0.25) is 9.59 Å². The van der Waals surface area contributed by atoms with Gasteiger partial charge < -0.3 is 10.1 Å². The van der Waals surface area contributed by atoms with Gasteiger partial charge in [0.1, 0.15) is 0 Å². The van der Waals surface area contributed by atoms with Gasteiger partial charge in [-0.15, -0.1) is 0 Å². The molecule has 0 bridgehead atoms. The summed E-state index contributed by atoms with van der Waals surface area (Å²) in [7, 11) is 0. The van der Waals surface area contributed by atoms with Crippen LogP contribution in [0.2, 0.25) is 10.0 Å². The molecule has 1 aliphatic rings. The maximum atomic E-state index is 11.8. The first kappa shape index (κ1) is 18.1. The largest absolute Gasteiger partial charge is 0.455 e. The second kappa shape index (κ2) is 9.14. The number of halogens is 2. The zero-order chi connectivity index (χ0) is 16.7. The minimum absolute atomic E-state index is 0.0376. The van der Waals surface area contributed by atoms with Crippen LogP contribution in [0.3, 0.4) is 0 Å². The van der Waals surface area contributed by atoms with Gasteiger partial charge in [0.05, 0.1) is 5.92 Å². The molecule has 0 heterocycles. The first-order valence-corrected chi connectivity index (χ1v) is 8.69. The lowest BCUT2D eigenvalue weighted by Gasteiger charge is -2.19. The molecule has 0 aromatic heterocycles. The van der Waals surface area contributed by atoms with E-state index < -0.39 is 0 Å². The van der Waals surface area contributed by atoms with Gasteiger partial charge in [0.25, 0.3) is 5.91 Å². The standard InChI is InChI=1S/C17H21Cl2NO3/c18-14-7-6-12(15(19)10-14)8-9-20-16(21)11-23-17(22)13-4-2-1-3-5-13/h6-7,10,13H,1-5,8-9,11H2,(H,20,21). The maximum absolute atomic E-state index is 11.8. The predicted octanol–water partition coefficient (Wildman–Crippen LogP) is 3.78. The van der Waals surface area contributed by atoms with Gasteiger partial charge in [0.15, 0.2) is 6.61 Å². The van der Waals surface area contributed by atoms with E-state index in [-0.39, 0.29) is 24.4 Å². The Kier molecular flexibility index (Phi) is 7.18. The number of hydrogen-bond acceptors (Lipinski definition) is 3. The Hall–Kier alpha value is -1.26. The van der Waals surface area contributed by atoms with Gasteiger partial charge in [-0.05, 0) is 37.0 Å². The Balaban J connectivity index is 1.65. The van der Waals surface area contributed by atoms with E-state index in [1.54, 1.807) is 12.1 Å². The molecule has 0 aliphatic heterocycles. The minimum Gasteiger partial charge on any atom is -0.455 e. The number of benzene rings is 1. The molecule has 0 atom stereocenters. The van der Waals surface area contributed by atoms with Crippen molar-refractivity contribution >= 4 is 35.1 Å². The third-order valence-corrected chi connectivity index (χ3v) is 4.60. The highest BCUT2D eigenvalue weighted by Crippen LogP contribution is 2.24. The van der Waals surface area contributed by atoms with Crippen LogP contribution in [0.1, 0.15) is 37.7 Å². The van der Waals surface area contributed by atoms with E-state index in [2.05, 4.69) is 5.32 Å². The molecule has 0 unspecified atom stereocenters. The number of amides is 1. The molecule has 1 saturated carbocycles. The van der Waals surface area contributed by atoms with Gasteiger partial charge in [-0.2, -0.15) is 0 Å². The quantitative estimate of drug-likeness (QED) is 0.788. The van der Waals surface area contributed by atoms with Crippen molar-refractivity contribution < 1.29 is 14.3 Å². The Labute approximate surface area is 146 Å². The van der Waals surface area contributed by atoms with E-state index in [4.69, 9.17) is 27.9 Å². The highest BCUT2D eigenvalue weighted by atomic mass is 35.5. The summed E-state index contributed by atoms with van der Waals surface area (Å²) in [6.45, 7) is 0.213. The second-order valence-corrected chi connectivity index (χ2v) is 6.62. The number of rotatable bonds is 6. The predicted molar refractivity (Wildman–Crippen MR) is 90.7 cm³/mol. The number of ether oxygens (including phenoxy) is 1. The molecule has 0 spiro atoms. The van der Waals surface area contributed by atoms with Crippen LogP contribution in [0, 0.1) is 5.92 Å². The van der Waals surface area contributed by atoms with E-state index >= 15 is 0 Å². The van der Waals surface area contributed by atoms with Gasteiger partial charge in [0.2, 0.25) is 0 Å². The van der Waals surface area contributed by atoms with Crippen molar-refractivity contribution in [3.05, 3.63) is 33.8 Å². The SMILES string of the molecule is O=C(COC(=O)C1CCCCC1)NCCc1ccc(Cl)cc1Cl. The molecule has 6 heteroatoms. The fraction of sp³-hybridized carbons (Fsp3) is 0.529. The van der Waals surface area contributed by atoms with Crippen molar-refractivity contribution in [3.8, 4) is 0 Å². The van der Waals surface area contributed by atoms with Crippen molar-refractivity contribution in [1.82, 2.24) is 5.32 Å². The summed E-state index contributed by atoms with van der Waals surface area (Å²) in [6, 6.07) is 5.27. The fourth-order valence-corrected chi connectivity index (χ4v) is 3.21. The zero-order valence-electron chi connectivity index (χ0n) is 12.9. The molecule has 0 saturated heterocycles. The summed E-state index contributed by atoms with van der Waals surface area (Å²) >= 11 is 11.9. The molecule has 23 heavy (non-hydrogen) atoms. The smallest absolute Gasteiger partial charge is 0.309 e. The van der Waals surface area contributed by atoms with E-state index in [0.717, 1.165) is 31.2 Å². The van der Waals surface area contributed by atoms with Gasteiger partial charge in [-0.1, -0.05) is 48.5 Å². The lowest BCUT2D eigenvalue weighted by Crippen LogP contribution is -2.32. The molecule has 0 radical (unpaired) electrons. The lowest BCUT2D eigenvalue weighted by atomic mass is 9.89. The van der Waals surface area contributed by atoms with E-state index in [0.29, 0.717) is 23.0 Å². The third-order valence-electron chi connectivity index (χ3n) is 4.02. The molecule has 1 amide bonds. The van der Waals surface area contributed by atoms with E-state index in [1.807, 2.05) is 6.07 Å². The Morgan fingerprint density at radius 2 is 1.91 bits per heavy atom. The van der Waals surface area contributed by atoms with E-state index in [1.165, 1.54) is 6.42 Å². The second-order valence-electron chi connectivity index (χ2n) is 5.78. The highest BCUT2D eigenvalue weighted by molar-refractivity contribution is 6.35. The zero-order valence-corrected chi connectivity index (χ0v) is 14.5. The average molecular weight is 358 g/mol. The van der Waals surface area contributed by atoms with Crippen molar-refractivity contribution in [2.45, 2.75) is 38.5 Å². The Morgan fingerprint density at radius 3 is 2.61 bits per heavy atom. The lowest BCUT2D eigenvalue weighted by molar-refractivity contribution is -0.153. The molecule has 1 aromatic rings. The summed E-state index contributed by atoms with van der Waals surface area (Å²) in [5.41, 5.74) is 0.913. The van der Waals surface area contributed by atoms with Crippen LogP contribution in [0.5, 0.6) is 0 Å². The number of hydrogen-bond donors (Lipinski definition) is 1. The van der Waals surface area contributed by atoms with Crippen LogP contribution in [-0.2, 0) is 20.7 Å². The van der Waals surface area contributed by atoms with Crippen LogP contribution in [0.25, 0.3) is 0 Å². The van der Waals surface area contributed by atoms with Gasteiger partial charge in [0, 0.05) is 16.6 Å². The summed E-state index contributed by atoms with van der Waals surface area (Å²) in [6.07, 6.45) is 5.64. The number of esters is 1. The van der Waals surface area contributed by atoms with Gasteiger partial charge >= 0.3 is 5.97 Å². The van der Waals surface area contributed by atoms with Crippen LogP contribution in [0.15, 0.2) is 18.2 Å². The molecule has 126 valence electrons. The molecule has 4 nitrogen and oxygen atoms in total. The maximum Gasteiger partial charge on any atom is 0.309 e. The van der Waals surface area contributed by atoms with Gasteiger partial charge in [-0.25, -0.2) is 0 Å². The molecular formula is C17H21Cl2NO3. The monoisotopic (exact) mass is 357 g/mol. The topological polar surface area (TPSA) is 55.4 Å². The number of nitrogens with one attached hydrogen (secondary N) is 1. The van der Waals surface area contributed by atoms with Crippen LogP contribution in [-0.4, -0.2) is 25.0 Å². The molecule has 1 N–H and O–H groups in total. The molecule has 1 fully saturated rings. The van der Waals surface area contributed by atoms with Crippen LogP contribution >= 0.6 is 23.2 Å². The number of carbonyl (C=O) groups excluding carboxylic acids is 2. The third kappa shape index (κ3) is 6.04. The summed E-state index contributed by atoms with van der Waals surface area (Å²) < 4.78 is 5.09. The highest BCUT2D eigenvalue weighted by Gasteiger charge is 2.22.